The second-order valence-electron chi connectivity index (χ2n) is 6.39. The van der Waals surface area contributed by atoms with Gasteiger partial charge in [0.05, 0.1) is 37.1 Å². The molecular formula is C22H23N3O4S. The molecule has 1 heterocycles. The number of amides is 2. The van der Waals surface area contributed by atoms with Crippen molar-refractivity contribution in [3.63, 3.8) is 0 Å². The van der Waals surface area contributed by atoms with Crippen molar-refractivity contribution in [3.05, 3.63) is 53.5 Å². The minimum Gasteiger partial charge on any atom is -0.495 e. The third-order valence-electron chi connectivity index (χ3n) is 4.10. The second-order valence-corrected chi connectivity index (χ2v) is 7.25. The van der Waals surface area contributed by atoms with Crippen LogP contribution in [0.4, 0.5) is 11.4 Å². The number of nitrogens with one attached hydrogen (secondary N) is 2. The number of ether oxygens (including phenoxy) is 2. The van der Waals surface area contributed by atoms with E-state index in [-0.39, 0.29) is 18.2 Å². The zero-order valence-electron chi connectivity index (χ0n) is 17.0. The molecule has 156 valence electrons. The summed E-state index contributed by atoms with van der Waals surface area (Å²) in [5.41, 5.74) is 2.62. The smallest absolute Gasteiger partial charge is 0.230 e. The number of rotatable bonds is 8. The van der Waals surface area contributed by atoms with Gasteiger partial charge in [0.15, 0.2) is 0 Å². The van der Waals surface area contributed by atoms with E-state index < -0.39 is 0 Å². The summed E-state index contributed by atoms with van der Waals surface area (Å²) in [7, 11) is 1.52. The molecule has 0 unspecified atom stereocenters. The Kier molecular flexibility index (Phi) is 7.03. The van der Waals surface area contributed by atoms with E-state index in [1.807, 2.05) is 36.6 Å². The number of benzene rings is 2. The lowest BCUT2D eigenvalue weighted by Crippen LogP contribution is -2.15. The van der Waals surface area contributed by atoms with E-state index >= 15 is 0 Å². The highest BCUT2D eigenvalue weighted by Crippen LogP contribution is 2.32. The zero-order chi connectivity index (χ0) is 21.5. The molecule has 30 heavy (non-hydrogen) atoms. The van der Waals surface area contributed by atoms with Crippen LogP contribution in [0.3, 0.4) is 0 Å². The lowest BCUT2D eigenvalue weighted by atomic mass is 10.2. The summed E-state index contributed by atoms with van der Waals surface area (Å²) in [4.78, 5) is 28.5. The molecule has 0 bridgehead atoms. The summed E-state index contributed by atoms with van der Waals surface area (Å²) < 4.78 is 11.0. The predicted molar refractivity (Wildman–Crippen MR) is 118 cm³/mol. The third kappa shape index (κ3) is 5.36. The summed E-state index contributed by atoms with van der Waals surface area (Å²) in [6.07, 6.45) is 0.112. The Morgan fingerprint density at radius 2 is 1.90 bits per heavy atom. The Morgan fingerprint density at radius 3 is 2.63 bits per heavy atom. The van der Waals surface area contributed by atoms with Crippen molar-refractivity contribution >= 4 is 34.5 Å². The summed E-state index contributed by atoms with van der Waals surface area (Å²) in [6, 6.07) is 12.7. The Hall–Kier alpha value is -3.39. The summed E-state index contributed by atoms with van der Waals surface area (Å²) in [5, 5.41) is 8.18. The molecular weight excluding hydrogens is 402 g/mol. The lowest BCUT2D eigenvalue weighted by molar-refractivity contribution is -0.116. The number of carbonyl (C=O) groups excluding carboxylic acids is 2. The van der Waals surface area contributed by atoms with Gasteiger partial charge in [-0.2, -0.15) is 0 Å². The molecule has 2 N–H and O–H groups in total. The maximum absolute atomic E-state index is 12.6. The number of anilines is 2. The highest BCUT2D eigenvalue weighted by atomic mass is 32.1. The topological polar surface area (TPSA) is 89.5 Å². The SMILES string of the molecule is CCOc1ccccc1-c1nc(CC(=O)Nc2cc(NC(C)=O)ccc2OC)cs1. The van der Waals surface area contributed by atoms with Crippen molar-refractivity contribution in [3.8, 4) is 22.1 Å². The molecule has 0 aliphatic carbocycles. The van der Waals surface area contributed by atoms with E-state index in [1.165, 1.54) is 25.4 Å². The molecule has 0 atom stereocenters. The predicted octanol–water partition coefficient (Wildman–Crippen LogP) is 4.36. The van der Waals surface area contributed by atoms with Crippen molar-refractivity contribution in [1.29, 1.82) is 0 Å². The highest BCUT2D eigenvalue weighted by Gasteiger charge is 2.14. The van der Waals surface area contributed by atoms with Crippen LogP contribution in [0.5, 0.6) is 11.5 Å². The molecule has 0 aliphatic heterocycles. The van der Waals surface area contributed by atoms with E-state index in [0.29, 0.717) is 29.4 Å². The molecule has 2 amide bonds. The van der Waals surface area contributed by atoms with Gasteiger partial charge in [-0.3, -0.25) is 9.59 Å². The first-order valence-electron chi connectivity index (χ1n) is 9.42. The standard InChI is InChI=1S/C22H23N3O4S/c1-4-29-19-8-6-5-7-17(19)22-24-16(13-30-22)12-21(27)25-18-11-15(23-14(2)26)9-10-20(18)28-3/h5-11,13H,4,12H2,1-3H3,(H,23,26)(H,25,27). The van der Waals surface area contributed by atoms with Crippen LogP contribution in [-0.2, 0) is 16.0 Å². The van der Waals surface area contributed by atoms with Gasteiger partial charge in [0.1, 0.15) is 16.5 Å². The van der Waals surface area contributed by atoms with Gasteiger partial charge in [0.25, 0.3) is 0 Å². The first-order chi connectivity index (χ1) is 14.5. The normalized spacial score (nSPS) is 10.4. The van der Waals surface area contributed by atoms with E-state index in [4.69, 9.17) is 9.47 Å². The molecule has 0 radical (unpaired) electrons. The second kappa shape index (κ2) is 9.89. The minimum atomic E-state index is -0.233. The third-order valence-corrected chi connectivity index (χ3v) is 5.03. The van der Waals surface area contributed by atoms with Crippen LogP contribution in [0.1, 0.15) is 19.5 Å². The molecule has 0 spiro atoms. The van der Waals surface area contributed by atoms with Gasteiger partial charge in [-0.1, -0.05) is 12.1 Å². The fourth-order valence-corrected chi connectivity index (χ4v) is 3.73. The van der Waals surface area contributed by atoms with Crippen molar-refractivity contribution in [2.24, 2.45) is 0 Å². The van der Waals surface area contributed by atoms with E-state index in [9.17, 15) is 9.59 Å². The number of methoxy groups -OCH3 is 1. The molecule has 1 aromatic heterocycles. The first kappa shape index (κ1) is 21.3. The number of para-hydroxylation sites is 1. The summed E-state index contributed by atoms with van der Waals surface area (Å²) in [5.74, 6) is 0.843. The van der Waals surface area contributed by atoms with Crippen molar-refractivity contribution in [2.75, 3.05) is 24.4 Å². The van der Waals surface area contributed by atoms with Gasteiger partial charge in [-0.15, -0.1) is 11.3 Å². The quantitative estimate of drug-likeness (QED) is 0.560. The van der Waals surface area contributed by atoms with Gasteiger partial charge < -0.3 is 20.1 Å². The maximum Gasteiger partial charge on any atom is 0.230 e. The van der Waals surface area contributed by atoms with Crippen molar-refractivity contribution in [1.82, 2.24) is 4.98 Å². The van der Waals surface area contributed by atoms with Crippen LogP contribution in [0.15, 0.2) is 47.8 Å². The van der Waals surface area contributed by atoms with Crippen molar-refractivity contribution < 1.29 is 19.1 Å². The number of hydrogen-bond acceptors (Lipinski definition) is 6. The Balaban J connectivity index is 1.73. The lowest BCUT2D eigenvalue weighted by Gasteiger charge is -2.12. The molecule has 0 aliphatic rings. The van der Waals surface area contributed by atoms with Gasteiger partial charge in [0.2, 0.25) is 11.8 Å². The fourth-order valence-electron chi connectivity index (χ4n) is 2.88. The highest BCUT2D eigenvalue weighted by molar-refractivity contribution is 7.13. The fraction of sp³-hybridized carbons (Fsp3) is 0.227. The average Bonchev–Trinajstić information content (AvgIpc) is 3.16. The number of hydrogen-bond donors (Lipinski definition) is 2. The van der Waals surface area contributed by atoms with Gasteiger partial charge in [-0.25, -0.2) is 4.98 Å². The van der Waals surface area contributed by atoms with Crippen LogP contribution in [-0.4, -0.2) is 30.5 Å². The van der Waals surface area contributed by atoms with Crippen LogP contribution >= 0.6 is 11.3 Å². The summed E-state index contributed by atoms with van der Waals surface area (Å²) in [6.45, 7) is 3.92. The monoisotopic (exact) mass is 425 g/mol. The molecule has 3 aromatic rings. The molecule has 0 fully saturated rings. The van der Waals surface area contributed by atoms with Gasteiger partial charge in [-0.05, 0) is 37.3 Å². The maximum atomic E-state index is 12.6. The largest absolute Gasteiger partial charge is 0.495 e. The Morgan fingerprint density at radius 1 is 1.10 bits per heavy atom. The summed E-state index contributed by atoms with van der Waals surface area (Å²) >= 11 is 1.46. The zero-order valence-corrected chi connectivity index (χ0v) is 17.8. The van der Waals surface area contributed by atoms with Crippen LogP contribution in [0.25, 0.3) is 10.6 Å². The minimum absolute atomic E-state index is 0.112. The first-order valence-corrected chi connectivity index (χ1v) is 10.3. The Labute approximate surface area is 179 Å². The molecule has 0 saturated heterocycles. The molecule has 3 rings (SSSR count). The van der Waals surface area contributed by atoms with E-state index in [2.05, 4.69) is 15.6 Å². The Bertz CT molecular complexity index is 1050. The number of aromatic nitrogens is 1. The van der Waals surface area contributed by atoms with E-state index in [0.717, 1.165) is 16.3 Å². The van der Waals surface area contributed by atoms with Gasteiger partial charge in [0, 0.05) is 18.0 Å². The number of nitrogens with zero attached hydrogens (tertiary/aromatic N) is 1. The molecule has 0 saturated carbocycles. The van der Waals surface area contributed by atoms with Crippen LogP contribution < -0.4 is 20.1 Å². The number of carbonyl (C=O) groups is 2. The van der Waals surface area contributed by atoms with Gasteiger partial charge >= 0.3 is 0 Å². The van der Waals surface area contributed by atoms with Crippen LogP contribution in [0.2, 0.25) is 0 Å². The average molecular weight is 426 g/mol. The number of thiazole rings is 1. The molecule has 8 heteroatoms. The molecule has 2 aromatic carbocycles. The van der Waals surface area contributed by atoms with E-state index in [1.54, 1.807) is 18.2 Å². The van der Waals surface area contributed by atoms with Crippen molar-refractivity contribution in [2.45, 2.75) is 20.3 Å². The van der Waals surface area contributed by atoms with Crippen LogP contribution in [0, 0.1) is 0 Å². The molecule has 7 nitrogen and oxygen atoms in total.